The van der Waals surface area contributed by atoms with Crippen molar-refractivity contribution in [3.8, 4) is 0 Å². The highest BCUT2D eigenvalue weighted by Gasteiger charge is 2.24. The lowest BCUT2D eigenvalue weighted by Gasteiger charge is -2.33. The van der Waals surface area contributed by atoms with Gasteiger partial charge < -0.3 is 10.2 Å². The monoisotopic (exact) mass is 337 g/mol. The van der Waals surface area contributed by atoms with Crippen LogP contribution in [0.1, 0.15) is 23.3 Å². The summed E-state index contributed by atoms with van der Waals surface area (Å²) in [7, 11) is 1.77. The van der Waals surface area contributed by atoms with Gasteiger partial charge in [-0.15, -0.1) is 0 Å². The Balaban J connectivity index is 1.57. The highest BCUT2D eigenvalue weighted by molar-refractivity contribution is 6.30. The number of carbonyl (C=O) groups is 1. The van der Waals surface area contributed by atoms with Crippen LogP contribution in [0.25, 0.3) is 0 Å². The van der Waals surface area contributed by atoms with E-state index in [1.54, 1.807) is 24.0 Å². The number of amides is 1. The normalized spacial score (nSPS) is 15.7. The molecule has 1 aliphatic heterocycles. The summed E-state index contributed by atoms with van der Waals surface area (Å²) in [6, 6.07) is 2.99. The fourth-order valence-electron chi connectivity index (χ4n) is 2.67. The standard InChI is InChI=1S/C15H17ClFN5O/c1-21-5-4-13(20-21)15(23)19-11-2-6-22(7-3-11)14-12(17)8-10(16)9-18-14/h4-5,8-9,11H,2-3,6-7H2,1H3,(H,19,23). The molecule has 122 valence electrons. The molecule has 1 fully saturated rings. The minimum absolute atomic E-state index is 0.0520. The van der Waals surface area contributed by atoms with E-state index in [9.17, 15) is 9.18 Å². The van der Waals surface area contributed by atoms with Gasteiger partial charge in [0.15, 0.2) is 11.6 Å². The van der Waals surface area contributed by atoms with Crippen LogP contribution in [-0.2, 0) is 7.05 Å². The minimum atomic E-state index is -0.423. The third kappa shape index (κ3) is 3.61. The van der Waals surface area contributed by atoms with Crippen molar-refractivity contribution in [3.63, 3.8) is 0 Å². The van der Waals surface area contributed by atoms with E-state index in [4.69, 9.17) is 11.6 Å². The number of anilines is 1. The molecule has 0 bridgehead atoms. The number of halogens is 2. The number of carbonyl (C=O) groups excluding carboxylic acids is 1. The Morgan fingerprint density at radius 2 is 2.17 bits per heavy atom. The van der Waals surface area contributed by atoms with E-state index in [0.29, 0.717) is 24.6 Å². The van der Waals surface area contributed by atoms with Crippen molar-refractivity contribution in [1.82, 2.24) is 20.1 Å². The van der Waals surface area contributed by atoms with Gasteiger partial charge in [0.05, 0.1) is 5.02 Å². The molecule has 8 heteroatoms. The zero-order valence-corrected chi connectivity index (χ0v) is 13.4. The Kier molecular flexibility index (Phi) is 4.47. The molecule has 0 aromatic carbocycles. The predicted octanol–water partition coefficient (Wildman–Crippen LogP) is 2.01. The Morgan fingerprint density at radius 3 is 2.78 bits per heavy atom. The summed E-state index contributed by atoms with van der Waals surface area (Å²) < 4.78 is 15.5. The van der Waals surface area contributed by atoms with Gasteiger partial charge in [0, 0.05) is 38.6 Å². The topological polar surface area (TPSA) is 63.1 Å². The number of rotatable bonds is 3. The van der Waals surface area contributed by atoms with Gasteiger partial charge in [-0.2, -0.15) is 5.10 Å². The number of hydrogen-bond donors (Lipinski definition) is 1. The van der Waals surface area contributed by atoms with Crippen LogP contribution in [-0.4, -0.2) is 39.8 Å². The van der Waals surface area contributed by atoms with Gasteiger partial charge in [-0.25, -0.2) is 9.37 Å². The predicted molar refractivity (Wildman–Crippen MR) is 85.1 cm³/mol. The molecule has 23 heavy (non-hydrogen) atoms. The molecule has 0 radical (unpaired) electrons. The minimum Gasteiger partial charge on any atom is -0.354 e. The van der Waals surface area contributed by atoms with E-state index in [-0.39, 0.29) is 17.0 Å². The fraction of sp³-hybridized carbons (Fsp3) is 0.400. The van der Waals surface area contributed by atoms with Crippen LogP contribution in [0.5, 0.6) is 0 Å². The molecule has 0 saturated carbocycles. The Morgan fingerprint density at radius 1 is 1.43 bits per heavy atom. The molecule has 0 atom stereocenters. The second kappa shape index (κ2) is 6.54. The number of aromatic nitrogens is 3. The van der Waals surface area contributed by atoms with Crippen LogP contribution in [0, 0.1) is 5.82 Å². The quantitative estimate of drug-likeness (QED) is 0.930. The molecule has 2 aromatic rings. The summed E-state index contributed by atoms with van der Waals surface area (Å²) in [4.78, 5) is 18.0. The van der Waals surface area contributed by atoms with Crippen molar-refractivity contribution in [2.75, 3.05) is 18.0 Å². The number of piperidine rings is 1. The first-order valence-electron chi connectivity index (χ1n) is 7.39. The van der Waals surface area contributed by atoms with Crippen molar-refractivity contribution in [2.24, 2.45) is 7.05 Å². The van der Waals surface area contributed by atoms with Crippen LogP contribution in [0.4, 0.5) is 10.2 Å². The van der Waals surface area contributed by atoms with E-state index in [0.717, 1.165) is 12.8 Å². The van der Waals surface area contributed by atoms with Crippen LogP contribution in [0.3, 0.4) is 0 Å². The lowest BCUT2D eigenvalue weighted by atomic mass is 10.0. The third-order valence-corrected chi connectivity index (χ3v) is 4.07. The second-order valence-corrected chi connectivity index (χ2v) is 6.00. The summed E-state index contributed by atoms with van der Waals surface area (Å²) in [5.74, 6) is -0.294. The van der Waals surface area contributed by atoms with Crippen molar-refractivity contribution in [2.45, 2.75) is 18.9 Å². The molecule has 1 N–H and O–H groups in total. The lowest BCUT2D eigenvalue weighted by Crippen LogP contribution is -2.45. The SMILES string of the molecule is Cn1ccc(C(=O)NC2CCN(c3ncc(Cl)cc3F)CC2)n1. The zero-order chi connectivity index (χ0) is 16.4. The molecular weight excluding hydrogens is 321 g/mol. The third-order valence-electron chi connectivity index (χ3n) is 3.86. The molecule has 1 amide bonds. The average molecular weight is 338 g/mol. The molecule has 2 aromatic heterocycles. The summed E-state index contributed by atoms with van der Waals surface area (Å²) in [6.07, 6.45) is 4.62. The molecular formula is C15H17ClFN5O. The van der Waals surface area contributed by atoms with E-state index in [1.807, 2.05) is 4.90 Å². The van der Waals surface area contributed by atoms with E-state index >= 15 is 0 Å². The Labute approximate surface area is 138 Å². The van der Waals surface area contributed by atoms with E-state index in [1.165, 1.54) is 12.3 Å². The maximum Gasteiger partial charge on any atom is 0.271 e. The highest BCUT2D eigenvalue weighted by Crippen LogP contribution is 2.23. The lowest BCUT2D eigenvalue weighted by molar-refractivity contribution is 0.0925. The first-order valence-corrected chi connectivity index (χ1v) is 7.77. The number of hydrogen-bond acceptors (Lipinski definition) is 4. The van der Waals surface area contributed by atoms with Crippen LogP contribution >= 0.6 is 11.6 Å². The number of nitrogens with one attached hydrogen (secondary N) is 1. The van der Waals surface area contributed by atoms with Gasteiger partial charge in [0.1, 0.15) is 5.69 Å². The van der Waals surface area contributed by atoms with Crippen molar-refractivity contribution in [1.29, 1.82) is 0 Å². The molecule has 0 unspecified atom stereocenters. The molecule has 6 nitrogen and oxygen atoms in total. The van der Waals surface area contributed by atoms with Gasteiger partial charge in [0.25, 0.3) is 5.91 Å². The first kappa shape index (κ1) is 15.7. The average Bonchev–Trinajstić information content (AvgIpc) is 2.95. The summed E-state index contributed by atoms with van der Waals surface area (Å²) >= 11 is 5.72. The van der Waals surface area contributed by atoms with Crippen molar-refractivity contribution < 1.29 is 9.18 Å². The van der Waals surface area contributed by atoms with Gasteiger partial charge in [-0.1, -0.05) is 11.6 Å². The van der Waals surface area contributed by atoms with Gasteiger partial charge in [0.2, 0.25) is 0 Å². The van der Waals surface area contributed by atoms with Crippen molar-refractivity contribution >= 4 is 23.3 Å². The largest absolute Gasteiger partial charge is 0.354 e. The Hall–Kier alpha value is -2.15. The van der Waals surface area contributed by atoms with Crippen LogP contribution in [0.2, 0.25) is 5.02 Å². The smallest absolute Gasteiger partial charge is 0.271 e. The maximum absolute atomic E-state index is 13.9. The van der Waals surface area contributed by atoms with E-state index in [2.05, 4.69) is 15.4 Å². The molecule has 3 heterocycles. The van der Waals surface area contributed by atoms with Gasteiger partial charge in [-0.05, 0) is 25.0 Å². The summed E-state index contributed by atoms with van der Waals surface area (Å²) in [5, 5.41) is 7.33. The highest BCUT2D eigenvalue weighted by atomic mass is 35.5. The molecule has 3 rings (SSSR count). The van der Waals surface area contributed by atoms with Crippen molar-refractivity contribution in [3.05, 3.63) is 41.1 Å². The maximum atomic E-state index is 13.9. The number of nitrogens with zero attached hydrogens (tertiary/aromatic N) is 4. The molecule has 1 saturated heterocycles. The van der Waals surface area contributed by atoms with Crippen LogP contribution in [0.15, 0.2) is 24.5 Å². The fourth-order valence-corrected chi connectivity index (χ4v) is 2.82. The molecule has 1 aliphatic rings. The van der Waals surface area contributed by atoms with Gasteiger partial charge >= 0.3 is 0 Å². The van der Waals surface area contributed by atoms with E-state index < -0.39 is 5.82 Å². The van der Waals surface area contributed by atoms with Crippen LogP contribution < -0.4 is 10.2 Å². The summed E-state index contributed by atoms with van der Waals surface area (Å²) in [5.41, 5.74) is 0.403. The summed E-state index contributed by atoms with van der Waals surface area (Å²) in [6.45, 7) is 1.25. The molecule has 0 aliphatic carbocycles. The second-order valence-electron chi connectivity index (χ2n) is 5.57. The zero-order valence-electron chi connectivity index (χ0n) is 12.7. The molecule has 0 spiro atoms. The Bertz CT molecular complexity index is 712. The number of aryl methyl sites for hydroxylation is 1. The van der Waals surface area contributed by atoms with Gasteiger partial charge in [-0.3, -0.25) is 9.48 Å². The first-order chi connectivity index (χ1) is 11.0. The number of pyridine rings is 1.